The van der Waals surface area contributed by atoms with Crippen molar-refractivity contribution >= 4 is 5.91 Å². The number of amides is 1. The van der Waals surface area contributed by atoms with Gasteiger partial charge < -0.3 is 10.2 Å². The summed E-state index contributed by atoms with van der Waals surface area (Å²) in [7, 11) is 0. The van der Waals surface area contributed by atoms with E-state index in [1.807, 2.05) is 11.8 Å². The predicted octanol–water partition coefficient (Wildman–Crippen LogP) is 0.464. The fourth-order valence-electron chi connectivity index (χ4n) is 1.51. The minimum Gasteiger partial charge on any atom is -0.341 e. The molecule has 1 saturated heterocycles. The van der Waals surface area contributed by atoms with Gasteiger partial charge in [-0.25, -0.2) is 0 Å². The summed E-state index contributed by atoms with van der Waals surface area (Å²) >= 11 is 0. The summed E-state index contributed by atoms with van der Waals surface area (Å²) in [6.45, 7) is 7.48. The summed E-state index contributed by atoms with van der Waals surface area (Å²) in [6.07, 6.45) is 1.16. The molecule has 3 heteroatoms. The van der Waals surface area contributed by atoms with Crippen molar-refractivity contribution in [1.29, 1.82) is 0 Å². The normalized spacial score (nSPS) is 23.2. The fourth-order valence-corrected chi connectivity index (χ4v) is 1.51. The van der Waals surface area contributed by atoms with E-state index in [0.29, 0.717) is 12.5 Å². The third-order valence-electron chi connectivity index (χ3n) is 2.30. The van der Waals surface area contributed by atoms with Crippen molar-refractivity contribution in [2.75, 3.05) is 26.2 Å². The number of carbonyl (C=O) groups excluding carboxylic acids is 1. The zero-order valence-electron chi connectivity index (χ0n) is 7.97. The lowest BCUT2D eigenvalue weighted by Gasteiger charge is -2.15. The SMILES string of the molecule is CCNCC(=O)N1CCC(C)C1. The van der Waals surface area contributed by atoms with Crippen LogP contribution in [0.3, 0.4) is 0 Å². The molecule has 70 valence electrons. The summed E-state index contributed by atoms with van der Waals surface area (Å²) in [5.41, 5.74) is 0. The van der Waals surface area contributed by atoms with E-state index in [0.717, 1.165) is 26.1 Å². The largest absolute Gasteiger partial charge is 0.341 e. The van der Waals surface area contributed by atoms with Gasteiger partial charge >= 0.3 is 0 Å². The van der Waals surface area contributed by atoms with Crippen molar-refractivity contribution in [2.45, 2.75) is 20.3 Å². The molecule has 0 aromatic rings. The monoisotopic (exact) mass is 170 g/mol. The quantitative estimate of drug-likeness (QED) is 0.667. The standard InChI is InChI=1S/C9H18N2O/c1-3-10-6-9(12)11-5-4-8(2)7-11/h8,10H,3-7H2,1-2H3. The highest BCUT2D eigenvalue weighted by molar-refractivity contribution is 5.78. The highest BCUT2D eigenvalue weighted by Gasteiger charge is 2.22. The van der Waals surface area contributed by atoms with Gasteiger partial charge in [-0.2, -0.15) is 0 Å². The molecule has 3 nitrogen and oxygen atoms in total. The second-order valence-electron chi connectivity index (χ2n) is 3.51. The molecule has 1 atom stereocenters. The van der Waals surface area contributed by atoms with Crippen LogP contribution in [0.2, 0.25) is 0 Å². The first-order valence-electron chi connectivity index (χ1n) is 4.72. The summed E-state index contributed by atoms with van der Waals surface area (Å²) in [6, 6.07) is 0. The number of rotatable bonds is 3. The molecular weight excluding hydrogens is 152 g/mol. The second-order valence-corrected chi connectivity index (χ2v) is 3.51. The lowest BCUT2D eigenvalue weighted by molar-refractivity contribution is -0.129. The maximum absolute atomic E-state index is 11.4. The third kappa shape index (κ3) is 2.48. The van der Waals surface area contributed by atoms with Crippen molar-refractivity contribution in [3.05, 3.63) is 0 Å². The van der Waals surface area contributed by atoms with E-state index in [4.69, 9.17) is 0 Å². The van der Waals surface area contributed by atoms with Gasteiger partial charge in [-0.1, -0.05) is 13.8 Å². The zero-order chi connectivity index (χ0) is 8.97. The van der Waals surface area contributed by atoms with E-state index in [1.54, 1.807) is 0 Å². The van der Waals surface area contributed by atoms with E-state index in [1.165, 1.54) is 0 Å². The zero-order valence-corrected chi connectivity index (χ0v) is 7.97. The van der Waals surface area contributed by atoms with E-state index < -0.39 is 0 Å². The molecule has 1 aliphatic heterocycles. The van der Waals surface area contributed by atoms with Gasteiger partial charge in [0.1, 0.15) is 0 Å². The molecule has 0 spiro atoms. The molecule has 12 heavy (non-hydrogen) atoms. The van der Waals surface area contributed by atoms with Crippen LogP contribution in [-0.4, -0.2) is 37.0 Å². The maximum atomic E-state index is 11.4. The number of nitrogens with one attached hydrogen (secondary N) is 1. The number of nitrogens with zero attached hydrogens (tertiary/aromatic N) is 1. The van der Waals surface area contributed by atoms with Gasteiger partial charge in [0.15, 0.2) is 0 Å². The smallest absolute Gasteiger partial charge is 0.236 e. The Labute approximate surface area is 74.1 Å². The van der Waals surface area contributed by atoms with Gasteiger partial charge in [-0.05, 0) is 18.9 Å². The molecule has 0 saturated carbocycles. The highest BCUT2D eigenvalue weighted by Crippen LogP contribution is 2.14. The van der Waals surface area contributed by atoms with Crippen LogP contribution >= 0.6 is 0 Å². The van der Waals surface area contributed by atoms with E-state index >= 15 is 0 Å². The van der Waals surface area contributed by atoms with Crippen molar-refractivity contribution in [1.82, 2.24) is 10.2 Å². The number of likely N-dealkylation sites (N-methyl/N-ethyl adjacent to an activating group) is 1. The van der Waals surface area contributed by atoms with Gasteiger partial charge in [0.05, 0.1) is 6.54 Å². The summed E-state index contributed by atoms with van der Waals surface area (Å²) < 4.78 is 0. The molecule has 0 bridgehead atoms. The topological polar surface area (TPSA) is 32.3 Å². The predicted molar refractivity (Wildman–Crippen MR) is 48.9 cm³/mol. The Morgan fingerprint density at radius 3 is 2.92 bits per heavy atom. The van der Waals surface area contributed by atoms with Gasteiger partial charge in [0, 0.05) is 13.1 Å². The lowest BCUT2D eigenvalue weighted by atomic mass is 10.2. The Morgan fingerprint density at radius 1 is 1.67 bits per heavy atom. The molecule has 1 aliphatic rings. The van der Waals surface area contributed by atoms with Crippen LogP contribution in [0, 0.1) is 5.92 Å². The first-order chi connectivity index (χ1) is 5.74. The van der Waals surface area contributed by atoms with Crippen LogP contribution in [0.1, 0.15) is 20.3 Å². The van der Waals surface area contributed by atoms with Crippen LogP contribution in [0.15, 0.2) is 0 Å². The Kier molecular flexibility index (Phi) is 3.53. The summed E-state index contributed by atoms with van der Waals surface area (Å²) in [4.78, 5) is 13.4. The Hall–Kier alpha value is -0.570. The van der Waals surface area contributed by atoms with Crippen molar-refractivity contribution in [3.63, 3.8) is 0 Å². The summed E-state index contributed by atoms with van der Waals surface area (Å²) in [5, 5.41) is 3.05. The molecule has 0 aromatic carbocycles. The molecular formula is C9H18N2O. The number of likely N-dealkylation sites (tertiary alicyclic amines) is 1. The van der Waals surface area contributed by atoms with Crippen molar-refractivity contribution in [3.8, 4) is 0 Å². The molecule has 1 fully saturated rings. The third-order valence-corrected chi connectivity index (χ3v) is 2.30. The Bertz CT molecular complexity index is 159. The number of hydrogen-bond donors (Lipinski definition) is 1. The number of carbonyl (C=O) groups is 1. The van der Waals surface area contributed by atoms with Crippen LogP contribution in [0.4, 0.5) is 0 Å². The van der Waals surface area contributed by atoms with Crippen molar-refractivity contribution in [2.24, 2.45) is 5.92 Å². The average molecular weight is 170 g/mol. The number of hydrogen-bond acceptors (Lipinski definition) is 2. The molecule has 1 unspecified atom stereocenters. The molecule has 1 heterocycles. The van der Waals surface area contributed by atoms with E-state index in [-0.39, 0.29) is 5.91 Å². The average Bonchev–Trinajstić information content (AvgIpc) is 2.47. The maximum Gasteiger partial charge on any atom is 0.236 e. The van der Waals surface area contributed by atoms with Crippen LogP contribution in [0.5, 0.6) is 0 Å². The first kappa shape index (κ1) is 9.52. The Balaban J connectivity index is 2.23. The second kappa shape index (κ2) is 4.45. The highest BCUT2D eigenvalue weighted by atomic mass is 16.2. The Morgan fingerprint density at radius 2 is 2.42 bits per heavy atom. The van der Waals surface area contributed by atoms with Crippen LogP contribution < -0.4 is 5.32 Å². The molecule has 0 aromatic heterocycles. The molecule has 1 N–H and O–H groups in total. The summed E-state index contributed by atoms with van der Waals surface area (Å²) in [5.74, 6) is 0.941. The van der Waals surface area contributed by atoms with Crippen LogP contribution in [-0.2, 0) is 4.79 Å². The minimum absolute atomic E-state index is 0.251. The molecule has 0 radical (unpaired) electrons. The first-order valence-corrected chi connectivity index (χ1v) is 4.72. The molecule has 1 amide bonds. The van der Waals surface area contributed by atoms with Gasteiger partial charge in [0.25, 0.3) is 0 Å². The van der Waals surface area contributed by atoms with Crippen LogP contribution in [0.25, 0.3) is 0 Å². The van der Waals surface area contributed by atoms with Crippen molar-refractivity contribution < 1.29 is 4.79 Å². The fraction of sp³-hybridized carbons (Fsp3) is 0.889. The molecule has 1 rings (SSSR count). The van der Waals surface area contributed by atoms with Gasteiger partial charge in [-0.3, -0.25) is 4.79 Å². The lowest BCUT2D eigenvalue weighted by Crippen LogP contribution is -2.36. The molecule has 0 aliphatic carbocycles. The van der Waals surface area contributed by atoms with Gasteiger partial charge in [-0.15, -0.1) is 0 Å². The van der Waals surface area contributed by atoms with Gasteiger partial charge in [0.2, 0.25) is 5.91 Å². The van der Waals surface area contributed by atoms with E-state index in [2.05, 4.69) is 12.2 Å². The van der Waals surface area contributed by atoms with E-state index in [9.17, 15) is 4.79 Å². The minimum atomic E-state index is 0.251.